The zero-order valence-corrected chi connectivity index (χ0v) is 12.9. The van der Waals surface area contributed by atoms with Gasteiger partial charge in [-0.2, -0.15) is 0 Å². The molecule has 0 aromatic heterocycles. The molecule has 0 aliphatic carbocycles. The number of rotatable bonds is 6. The van der Waals surface area contributed by atoms with Crippen molar-refractivity contribution in [3.05, 3.63) is 0 Å². The molecule has 1 atom stereocenters. The lowest BCUT2D eigenvalue weighted by Crippen LogP contribution is -2.67. The zero-order chi connectivity index (χ0) is 15.5. The van der Waals surface area contributed by atoms with Crippen LogP contribution in [0.1, 0.15) is 40.5 Å². The molecule has 1 fully saturated rings. The number of nitrogens with zero attached hydrogens (tertiary/aromatic N) is 1. The molecule has 4 amide bonds. The van der Waals surface area contributed by atoms with Gasteiger partial charge in [-0.15, -0.1) is 0 Å². The topological polar surface area (TPSA) is 75.7 Å². The van der Waals surface area contributed by atoms with E-state index >= 15 is 0 Å². The Kier molecular flexibility index (Phi) is 5.28. The highest BCUT2D eigenvalue weighted by atomic mass is 16.5. The number of hydrogen-bond donors (Lipinski definition) is 1. The second-order valence-electron chi connectivity index (χ2n) is 5.49. The third-order valence-electron chi connectivity index (χ3n) is 4.15. The van der Waals surface area contributed by atoms with Crippen LogP contribution in [0.4, 0.5) is 4.79 Å². The Labute approximate surface area is 119 Å². The number of carbonyl (C=O) groups excluding carboxylic acids is 3. The number of hydrogen-bond acceptors (Lipinski definition) is 4. The number of barbiturate groups is 1. The van der Waals surface area contributed by atoms with Crippen LogP contribution in [0.25, 0.3) is 0 Å². The summed E-state index contributed by atoms with van der Waals surface area (Å²) in [5.41, 5.74) is -1.14. The number of imide groups is 2. The van der Waals surface area contributed by atoms with Gasteiger partial charge in [-0.25, -0.2) is 4.79 Å². The Morgan fingerprint density at radius 2 is 1.75 bits per heavy atom. The van der Waals surface area contributed by atoms with E-state index in [4.69, 9.17) is 4.74 Å². The smallest absolute Gasteiger partial charge is 0.331 e. The van der Waals surface area contributed by atoms with Gasteiger partial charge < -0.3 is 4.74 Å². The van der Waals surface area contributed by atoms with Gasteiger partial charge in [0.2, 0.25) is 11.8 Å². The minimum absolute atomic E-state index is 0.0456. The Bertz CT molecular complexity index is 402. The summed E-state index contributed by atoms with van der Waals surface area (Å²) >= 11 is 0. The highest BCUT2D eigenvalue weighted by Gasteiger charge is 2.53. The maximum atomic E-state index is 12.7. The molecule has 6 nitrogen and oxygen atoms in total. The van der Waals surface area contributed by atoms with Gasteiger partial charge >= 0.3 is 6.03 Å². The minimum atomic E-state index is -1.14. The average Bonchev–Trinajstić information content (AvgIpc) is 2.38. The lowest BCUT2D eigenvalue weighted by atomic mass is 9.78. The van der Waals surface area contributed by atoms with Crippen LogP contribution in [0.3, 0.4) is 0 Å². The molecule has 1 saturated heterocycles. The van der Waals surface area contributed by atoms with Crippen molar-refractivity contribution in [3.63, 3.8) is 0 Å². The van der Waals surface area contributed by atoms with Gasteiger partial charge in [0.25, 0.3) is 0 Å². The summed E-state index contributed by atoms with van der Waals surface area (Å²) in [6.45, 7) is 7.67. The number of carbonyl (C=O) groups is 3. The standard InChI is InChI=1S/C14H24N2O4/c1-6-14(7-2)11(17)15-13(19)16(12(14)18)10(8-20-5)9(3)4/h9-10H,6-8H2,1-5H3,(H,15,17,19). The normalized spacial score (nSPS) is 20.3. The third-order valence-corrected chi connectivity index (χ3v) is 4.15. The lowest BCUT2D eigenvalue weighted by Gasteiger charge is -2.42. The van der Waals surface area contributed by atoms with Crippen LogP contribution in [0.2, 0.25) is 0 Å². The van der Waals surface area contributed by atoms with Gasteiger partial charge in [-0.3, -0.25) is 19.8 Å². The molecule has 0 bridgehead atoms. The molecule has 0 saturated carbocycles. The molecule has 114 valence electrons. The Hall–Kier alpha value is -1.43. The molecule has 6 heteroatoms. The molecular formula is C14H24N2O4. The van der Waals surface area contributed by atoms with E-state index in [1.807, 2.05) is 13.8 Å². The Morgan fingerprint density at radius 3 is 2.15 bits per heavy atom. The van der Waals surface area contributed by atoms with Crippen molar-refractivity contribution in [2.24, 2.45) is 11.3 Å². The summed E-state index contributed by atoms with van der Waals surface area (Å²) in [5, 5.41) is 2.32. The number of methoxy groups -OCH3 is 1. The van der Waals surface area contributed by atoms with Crippen molar-refractivity contribution in [3.8, 4) is 0 Å². The summed E-state index contributed by atoms with van der Waals surface area (Å²) in [7, 11) is 1.53. The summed E-state index contributed by atoms with van der Waals surface area (Å²) in [5.74, 6) is -0.857. The fourth-order valence-electron chi connectivity index (χ4n) is 2.61. The van der Waals surface area contributed by atoms with Crippen LogP contribution >= 0.6 is 0 Å². The predicted octanol–water partition coefficient (Wildman–Crippen LogP) is 1.54. The Morgan fingerprint density at radius 1 is 1.20 bits per heavy atom. The van der Waals surface area contributed by atoms with Crippen molar-refractivity contribution < 1.29 is 19.1 Å². The van der Waals surface area contributed by atoms with Crippen molar-refractivity contribution in [1.82, 2.24) is 10.2 Å². The van der Waals surface area contributed by atoms with Crippen molar-refractivity contribution in [1.29, 1.82) is 0 Å². The van der Waals surface area contributed by atoms with Crippen LogP contribution in [-0.4, -0.2) is 42.5 Å². The summed E-state index contributed by atoms with van der Waals surface area (Å²) < 4.78 is 5.12. The van der Waals surface area contributed by atoms with E-state index in [0.717, 1.165) is 0 Å². The van der Waals surface area contributed by atoms with E-state index in [2.05, 4.69) is 5.32 Å². The molecular weight excluding hydrogens is 260 g/mol. The largest absolute Gasteiger partial charge is 0.383 e. The lowest BCUT2D eigenvalue weighted by molar-refractivity contribution is -0.155. The average molecular weight is 284 g/mol. The summed E-state index contributed by atoms with van der Waals surface area (Å²) in [6.07, 6.45) is 0.742. The van der Waals surface area contributed by atoms with E-state index in [-0.39, 0.29) is 18.6 Å². The van der Waals surface area contributed by atoms with Gasteiger partial charge in [0, 0.05) is 7.11 Å². The van der Waals surface area contributed by atoms with Gasteiger partial charge in [-0.1, -0.05) is 27.7 Å². The number of urea groups is 1. The second-order valence-corrected chi connectivity index (χ2v) is 5.49. The van der Waals surface area contributed by atoms with Gasteiger partial charge in [0.15, 0.2) is 0 Å². The van der Waals surface area contributed by atoms with E-state index in [1.165, 1.54) is 12.0 Å². The van der Waals surface area contributed by atoms with E-state index in [0.29, 0.717) is 12.8 Å². The van der Waals surface area contributed by atoms with Crippen molar-refractivity contribution in [2.75, 3.05) is 13.7 Å². The van der Waals surface area contributed by atoms with Crippen LogP contribution < -0.4 is 5.32 Å². The first kappa shape index (κ1) is 16.6. The summed E-state index contributed by atoms with van der Waals surface area (Å²) in [6, 6.07) is -1.02. The van der Waals surface area contributed by atoms with Gasteiger partial charge in [0.1, 0.15) is 5.41 Å². The number of ether oxygens (including phenoxy) is 1. The molecule has 1 aliphatic rings. The molecule has 1 rings (SSSR count). The highest BCUT2D eigenvalue weighted by molar-refractivity contribution is 6.19. The van der Waals surface area contributed by atoms with Crippen LogP contribution in [-0.2, 0) is 14.3 Å². The Balaban J connectivity index is 3.21. The fraction of sp³-hybridized carbons (Fsp3) is 0.786. The first-order valence-corrected chi connectivity index (χ1v) is 7.03. The molecule has 0 aromatic rings. The monoisotopic (exact) mass is 284 g/mol. The first-order valence-electron chi connectivity index (χ1n) is 7.03. The zero-order valence-electron chi connectivity index (χ0n) is 12.9. The van der Waals surface area contributed by atoms with E-state index in [1.54, 1.807) is 13.8 Å². The molecule has 0 radical (unpaired) electrons. The van der Waals surface area contributed by atoms with E-state index < -0.39 is 23.3 Å². The first-order chi connectivity index (χ1) is 9.35. The molecule has 1 unspecified atom stereocenters. The molecule has 0 spiro atoms. The van der Waals surface area contributed by atoms with Crippen molar-refractivity contribution in [2.45, 2.75) is 46.6 Å². The van der Waals surface area contributed by atoms with Crippen molar-refractivity contribution >= 4 is 17.8 Å². The van der Waals surface area contributed by atoms with E-state index in [9.17, 15) is 14.4 Å². The van der Waals surface area contributed by atoms with Gasteiger partial charge in [-0.05, 0) is 18.8 Å². The quantitative estimate of drug-likeness (QED) is 0.751. The van der Waals surface area contributed by atoms with Crippen LogP contribution in [0, 0.1) is 11.3 Å². The molecule has 20 heavy (non-hydrogen) atoms. The molecule has 0 aromatic carbocycles. The highest BCUT2D eigenvalue weighted by Crippen LogP contribution is 2.34. The number of nitrogens with one attached hydrogen (secondary N) is 1. The maximum Gasteiger partial charge on any atom is 0.331 e. The van der Waals surface area contributed by atoms with Crippen LogP contribution in [0.15, 0.2) is 0 Å². The predicted molar refractivity (Wildman–Crippen MR) is 73.9 cm³/mol. The van der Waals surface area contributed by atoms with Gasteiger partial charge in [0.05, 0.1) is 12.6 Å². The summed E-state index contributed by atoms with van der Waals surface area (Å²) in [4.78, 5) is 38.1. The minimum Gasteiger partial charge on any atom is -0.383 e. The number of amides is 4. The second kappa shape index (κ2) is 6.35. The van der Waals surface area contributed by atoms with Crippen LogP contribution in [0.5, 0.6) is 0 Å². The molecule has 1 N–H and O–H groups in total. The third kappa shape index (κ3) is 2.57. The SMILES string of the molecule is CCC1(CC)C(=O)NC(=O)N(C(COC)C(C)C)C1=O. The molecule has 1 heterocycles. The molecule has 1 aliphatic heterocycles. The maximum absolute atomic E-state index is 12.7. The fourth-order valence-corrected chi connectivity index (χ4v) is 2.61.